The van der Waals surface area contributed by atoms with Gasteiger partial charge in [0.05, 0.1) is 19.4 Å². The average molecular weight is 278 g/mol. The molecule has 2 atom stereocenters. The van der Waals surface area contributed by atoms with E-state index in [0.29, 0.717) is 0 Å². The lowest BCUT2D eigenvalue weighted by molar-refractivity contribution is -0.120. The second kappa shape index (κ2) is 6.31. The molecule has 2 unspecified atom stereocenters. The monoisotopic (exact) mass is 278 g/mol. The zero-order valence-corrected chi connectivity index (χ0v) is 11.7. The molecule has 7 nitrogen and oxygen atoms in total. The molecule has 0 aliphatic carbocycles. The molecule has 0 radical (unpaired) electrons. The lowest BCUT2D eigenvalue weighted by Gasteiger charge is -2.22. The highest BCUT2D eigenvalue weighted by molar-refractivity contribution is 7.53. The summed E-state index contributed by atoms with van der Waals surface area (Å²) in [5, 5.41) is 4.62. The normalized spacial score (nSPS) is 21.6. The Balaban J connectivity index is 2.66. The van der Waals surface area contributed by atoms with Gasteiger partial charge in [-0.1, -0.05) is 6.92 Å². The average Bonchev–Trinajstić information content (AvgIpc) is 2.58. The molecule has 1 heterocycles. The number of hydrogen-bond acceptors (Lipinski definition) is 5. The summed E-state index contributed by atoms with van der Waals surface area (Å²) in [7, 11) is -3.21. The third-order valence-electron chi connectivity index (χ3n) is 2.54. The summed E-state index contributed by atoms with van der Waals surface area (Å²) < 4.78 is 22.6. The highest BCUT2D eigenvalue weighted by Crippen LogP contribution is 2.50. The maximum absolute atomic E-state index is 12.3. The summed E-state index contributed by atoms with van der Waals surface area (Å²) in [6.07, 6.45) is 0.0903. The van der Waals surface area contributed by atoms with Gasteiger partial charge in [0, 0.05) is 0 Å². The fourth-order valence-electron chi connectivity index (χ4n) is 1.83. The topological polar surface area (TPSA) is 93.7 Å². The fraction of sp³-hybridized carbons (Fsp3) is 0.800. The van der Waals surface area contributed by atoms with Gasteiger partial charge >= 0.3 is 13.6 Å². The van der Waals surface area contributed by atoms with E-state index >= 15 is 0 Å². The maximum Gasteiger partial charge on any atom is 0.331 e. The van der Waals surface area contributed by atoms with Crippen LogP contribution < -0.4 is 10.6 Å². The van der Waals surface area contributed by atoms with Gasteiger partial charge < -0.3 is 14.4 Å². The second-order valence-electron chi connectivity index (χ2n) is 4.05. The molecular weight excluding hydrogens is 259 g/mol. The van der Waals surface area contributed by atoms with Gasteiger partial charge in [-0.15, -0.1) is 0 Å². The lowest BCUT2D eigenvalue weighted by atomic mass is 10.1. The van der Waals surface area contributed by atoms with Gasteiger partial charge in [-0.25, -0.2) is 4.79 Å². The third-order valence-corrected chi connectivity index (χ3v) is 4.86. The van der Waals surface area contributed by atoms with Crippen molar-refractivity contribution in [3.63, 3.8) is 0 Å². The van der Waals surface area contributed by atoms with Crippen LogP contribution in [0.3, 0.4) is 0 Å². The molecule has 0 aromatic heterocycles. The van der Waals surface area contributed by atoms with E-state index in [4.69, 9.17) is 9.05 Å². The molecule has 1 fully saturated rings. The first-order valence-corrected chi connectivity index (χ1v) is 7.64. The van der Waals surface area contributed by atoms with Crippen molar-refractivity contribution in [2.24, 2.45) is 5.92 Å². The molecule has 3 amide bonds. The van der Waals surface area contributed by atoms with E-state index in [0.717, 1.165) is 0 Å². The number of hydrogen-bond donors (Lipinski definition) is 2. The maximum atomic E-state index is 12.3. The summed E-state index contributed by atoms with van der Waals surface area (Å²) in [6, 6.07) is -1.22. The Hall–Kier alpha value is -0.910. The van der Waals surface area contributed by atoms with Crippen LogP contribution in [-0.2, 0) is 18.4 Å². The zero-order valence-electron chi connectivity index (χ0n) is 10.8. The van der Waals surface area contributed by atoms with Crippen LogP contribution in [0.15, 0.2) is 0 Å². The van der Waals surface area contributed by atoms with Crippen molar-refractivity contribution in [2.75, 3.05) is 19.4 Å². The van der Waals surface area contributed by atoms with Gasteiger partial charge in [0.2, 0.25) is 0 Å². The van der Waals surface area contributed by atoms with Crippen LogP contribution in [0.5, 0.6) is 0 Å². The Bertz CT molecular complexity index is 363. The van der Waals surface area contributed by atoms with Gasteiger partial charge in [0.1, 0.15) is 6.04 Å². The van der Waals surface area contributed by atoms with Crippen LogP contribution in [0.2, 0.25) is 0 Å². The van der Waals surface area contributed by atoms with Crippen molar-refractivity contribution < 1.29 is 23.2 Å². The minimum Gasteiger partial charge on any atom is -0.326 e. The van der Waals surface area contributed by atoms with Crippen molar-refractivity contribution in [1.29, 1.82) is 0 Å². The Kier molecular flexibility index (Phi) is 5.31. The van der Waals surface area contributed by atoms with E-state index in [1.165, 1.54) is 0 Å². The summed E-state index contributed by atoms with van der Waals surface area (Å²) in [6.45, 7) is 5.71. The molecule has 0 saturated carbocycles. The molecule has 0 spiro atoms. The minimum atomic E-state index is -3.21. The Morgan fingerprint density at radius 1 is 1.28 bits per heavy atom. The number of imide groups is 1. The Morgan fingerprint density at radius 2 is 1.83 bits per heavy atom. The van der Waals surface area contributed by atoms with Crippen molar-refractivity contribution in [2.45, 2.75) is 26.8 Å². The molecule has 104 valence electrons. The van der Waals surface area contributed by atoms with Gasteiger partial charge in [0.15, 0.2) is 0 Å². The van der Waals surface area contributed by atoms with E-state index in [2.05, 4.69) is 10.6 Å². The van der Waals surface area contributed by atoms with Crippen LogP contribution in [-0.4, -0.2) is 37.4 Å². The van der Waals surface area contributed by atoms with Crippen LogP contribution in [0.1, 0.15) is 20.8 Å². The van der Waals surface area contributed by atoms with Crippen molar-refractivity contribution in [1.82, 2.24) is 10.6 Å². The molecule has 1 aliphatic heterocycles. The zero-order chi connectivity index (χ0) is 13.8. The predicted octanol–water partition coefficient (Wildman–Crippen LogP) is 1.10. The van der Waals surface area contributed by atoms with E-state index in [-0.39, 0.29) is 25.3 Å². The first-order chi connectivity index (χ1) is 8.41. The lowest BCUT2D eigenvalue weighted by Crippen LogP contribution is -2.37. The van der Waals surface area contributed by atoms with Crippen LogP contribution in [0, 0.1) is 5.92 Å². The number of amides is 3. The molecule has 8 heteroatoms. The third kappa shape index (κ3) is 3.80. The number of carbonyl (C=O) groups is 2. The highest BCUT2D eigenvalue weighted by Gasteiger charge is 2.38. The number of nitrogens with one attached hydrogen (secondary N) is 2. The Labute approximate surface area is 106 Å². The fourth-order valence-corrected chi connectivity index (χ4v) is 3.82. The van der Waals surface area contributed by atoms with Gasteiger partial charge in [0.25, 0.3) is 5.91 Å². The SMILES string of the molecule is CCOP(=O)(CC(C)C1NC(=O)NC1=O)OCC. The highest BCUT2D eigenvalue weighted by atomic mass is 31.2. The Morgan fingerprint density at radius 3 is 2.22 bits per heavy atom. The van der Waals surface area contributed by atoms with Crippen LogP contribution >= 0.6 is 7.60 Å². The van der Waals surface area contributed by atoms with Crippen molar-refractivity contribution in [3.05, 3.63) is 0 Å². The molecular formula is C10H19N2O5P. The number of urea groups is 1. The predicted molar refractivity (Wildman–Crippen MR) is 65.4 cm³/mol. The molecule has 0 aromatic carbocycles. The first kappa shape index (κ1) is 15.1. The van der Waals surface area contributed by atoms with Gasteiger partial charge in [-0.2, -0.15) is 0 Å². The molecule has 1 saturated heterocycles. The van der Waals surface area contributed by atoms with E-state index in [1.807, 2.05) is 0 Å². The minimum absolute atomic E-state index is 0.0903. The van der Waals surface area contributed by atoms with Crippen molar-refractivity contribution in [3.8, 4) is 0 Å². The molecule has 1 rings (SSSR count). The van der Waals surface area contributed by atoms with Gasteiger partial charge in [-0.3, -0.25) is 14.7 Å². The molecule has 1 aliphatic rings. The first-order valence-electron chi connectivity index (χ1n) is 5.91. The summed E-state index contributed by atoms with van der Waals surface area (Å²) >= 11 is 0. The molecule has 0 bridgehead atoms. The quantitative estimate of drug-likeness (QED) is 0.537. The standard InChI is InChI=1S/C10H19N2O5P/c1-4-16-18(15,17-5-2)6-7(3)8-9(13)12-10(14)11-8/h7-8H,4-6H2,1-3H3,(H2,11,12,13,14). The number of carbonyl (C=O) groups excluding carboxylic acids is 2. The molecule has 2 N–H and O–H groups in total. The second-order valence-corrected chi connectivity index (χ2v) is 6.15. The summed E-state index contributed by atoms with van der Waals surface area (Å²) in [5.74, 6) is -0.743. The number of rotatable bonds is 7. The van der Waals surface area contributed by atoms with Crippen molar-refractivity contribution >= 4 is 19.5 Å². The van der Waals surface area contributed by atoms with Gasteiger partial charge in [-0.05, 0) is 19.8 Å². The summed E-state index contributed by atoms with van der Waals surface area (Å²) in [4.78, 5) is 22.5. The van der Waals surface area contributed by atoms with E-state index in [9.17, 15) is 14.2 Å². The summed E-state index contributed by atoms with van der Waals surface area (Å²) in [5.41, 5.74) is 0. The van der Waals surface area contributed by atoms with E-state index < -0.39 is 25.6 Å². The largest absolute Gasteiger partial charge is 0.331 e. The van der Waals surface area contributed by atoms with Crippen LogP contribution in [0.4, 0.5) is 4.79 Å². The van der Waals surface area contributed by atoms with Crippen LogP contribution in [0.25, 0.3) is 0 Å². The van der Waals surface area contributed by atoms with E-state index in [1.54, 1.807) is 20.8 Å². The molecule has 0 aromatic rings. The smallest absolute Gasteiger partial charge is 0.326 e. The molecule has 18 heavy (non-hydrogen) atoms.